The molecule has 1 atom stereocenters. The molecular formula is C13H26N2O2. The van der Waals surface area contributed by atoms with Gasteiger partial charge in [0.1, 0.15) is 0 Å². The average molecular weight is 242 g/mol. The largest absolute Gasteiger partial charge is 0.469 e. The Kier molecular flexibility index (Phi) is 5.40. The number of piperidine rings is 1. The van der Waals surface area contributed by atoms with E-state index in [1.165, 1.54) is 26.4 Å². The first kappa shape index (κ1) is 14.5. The van der Waals surface area contributed by atoms with Crippen molar-refractivity contribution in [3.63, 3.8) is 0 Å². The van der Waals surface area contributed by atoms with Crippen LogP contribution in [0.15, 0.2) is 0 Å². The molecule has 2 N–H and O–H groups in total. The van der Waals surface area contributed by atoms with E-state index in [0.29, 0.717) is 6.04 Å². The van der Waals surface area contributed by atoms with Crippen LogP contribution in [-0.2, 0) is 9.53 Å². The van der Waals surface area contributed by atoms with Gasteiger partial charge in [-0.05, 0) is 46.2 Å². The number of rotatable bonds is 5. The van der Waals surface area contributed by atoms with Crippen molar-refractivity contribution >= 4 is 5.97 Å². The fraction of sp³-hybridized carbons (Fsp3) is 0.923. The van der Waals surface area contributed by atoms with Gasteiger partial charge in [0.25, 0.3) is 0 Å². The fourth-order valence-electron chi connectivity index (χ4n) is 2.64. The van der Waals surface area contributed by atoms with Crippen LogP contribution in [0.4, 0.5) is 0 Å². The van der Waals surface area contributed by atoms with Gasteiger partial charge in [-0.2, -0.15) is 0 Å². The molecule has 0 amide bonds. The average Bonchev–Trinajstić information content (AvgIpc) is 2.30. The second kappa shape index (κ2) is 6.36. The summed E-state index contributed by atoms with van der Waals surface area (Å²) in [6.07, 6.45) is 4.73. The van der Waals surface area contributed by atoms with Crippen LogP contribution in [0.25, 0.3) is 0 Å². The summed E-state index contributed by atoms with van der Waals surface area (Å²) in [5.41, 5.74) is 5.22. The third-order valence-corrected chi connectivity index (χ3v) is 3.59. The molecule has 1 fully saturated rings. The highest BCUT2D eigenvalue weighted by Crippen LogP contribution is 2.26. The van der Waals surface area contributed by atoms with E-state index in [-0.39, 0.29) is 5.97 Å². The molecule has 1 rings (SSSR count). The molecule has 0 radical (unpaired) electrons. The van der Waals surface area contributed by atoms with Gasteiger partial charge in [-0.3, -0.25) is 9.69 Å². The standard InChI is InChI=1S/C13H26N2O2/c1-13(2,12(16)17-3)10-15-9-5-4-6-11(15)7-8-14/h11H,4-10,14H2,1-3H3. The van der Waals surface area contributed by atoms with Crippen molar-refractivity contribution < 1.29 is 9.53 Å². The number of carbonyl (C=O) groups is 1. The Balaban J connectivity index is 2.60. The number of methoxy groups -OCH3 is 1. The summed E-state index contributed by atoms with van der Waals surface area (Å²) in [6.45, 7) is 6.47. The minimum atomic E-state index is -0.432. The summed E-state index contributed by atoms with van der Waals surface area (Å²) in [5.74, 6) is -0.130. The molecule has 1 aliphatic heterocycles. The van der Waals surface area contributed by atoms with Crippen molar-refractivity contribution in [1.82, 2.24) is 4.90 Å². The number of likely N-dealkylation sites (tertiary alicyclic amines) is 1. The number of carbonyl (C=O) groups excluding carboxylic acids is 1. The topological polar surface area (TPSA) is 55.6 Å². The lowest BCUT2D eigenvalue weighted by molar-refractivity contribution is -0.152. The lowest BCUT2D eigenvalue weighted by atomic mass is 9.89. The highest BCUT2D eigenvalue weighted by Gasteiger charge is 2.34. The molecule has 1 aliphatic rings. The SMILES string of the molecule is COC(=O)C(C)(C)CN1CCCCC1CCN. The molecule has 0 spiro atoms. The maximum absolute atomic E-state index is 11.7. The van der Waals surface area contributed by atoms with E-state index < -0.39 is 5.41 Å². The Morgan fingerprint density at radius 3 is 2.76 bits per heavy atom. The second-order valence-electron chi connectivity index (χ2n) is 5.57. The van der Waals surface area contributed by atoms with E-state index >= 15 is 0 Å². The van der Waals surface area contributed by atoms with Crippen LogP contribution in [0.5, 0.6) is 0 Å². The Hall–Kier alpha value is -0.610. The third kappa shape index (κ3) is 3.96. The molecule has 100 valence electrons. The maximum atomic E-state index is 11.7. The predicted molar refractivity (Wildman–Crippen MR) is 68.7 cm³/mol. The van der Waals surface area contributed by atoms with Crippen LogP contribution in [0, 0.1) is 5.41 Å². The third-order valence-electron chi connectivity index (χ3n) is 3.59. The Morgan fingerprint density at radius 1 is 1.47 bits per heavy atom. The molecule has 0 aromatic rings. The monoisotopic (exact) mass is 242 g/mol. The van der Waals surface area contributed by atoms with Gasteiger partial charge in [0.05, 0.1) is 12.5 Å². The summed E-state index contributed by atoms with van der Waals surface area (Å²) in [6, 6.07) is 0.540. The zero-order chi connectivity index (χ0) is 12.9. The smallest absolute Gasteiger partial charge is 0.312 e. The number of nitrogens with two attached hydrogens (primary N) is 1. The summed E-state index contributed by atoms with van der Waals surface area (Å²) < 4.78 is 4.86. The molecule has 1 saturated heterocycles. The van der Waals surface area contributed by atoms with Crippen LogP contribution in [-0.4, -0.2) is 43.7 Å². The minimum absolute atomic E-state index is 0.130. The second-order valence-corrected chi connectivity index (χ2v) is 5.57. The van der Waals surface area contributed by atoms with E-state index in [9.17, 15) is 4.79 Å². The Bertz CT molecular complexity index is 252. The molecule has 1 unspecified atom stereocenters. The summed E-state index contributed by atoms with van der Waals surface area (Å²) >= 11 is 0. The van der Waals surface area contributed by atoms with Crippen molar-refractivity contribution in [2.24, 2.45) is 11.1 Å². The Morgan fingerprint density at radius 2 is 2.18 bits per heavy atom. The van der Waals surface area contributed by atoms with Crippen molar-refractivity contribution in [2.45, 2.75) is 45.6 Å². The maximum Gasteiger partial charge on any atom is 0.312 e. The summed E-state index contributed by atoms with van der Waals surface area (Å²) in [5, 5.41) is 0. The number of ether oxygens (including phenoxy) is 1. The first-order valence-electron chi connectivity index (χ1n) is 6.54. The van der Waals surface area contributed by atoms with Crippen LogP contribution < -0.4 is 5.73 Å². The highest BCUT2D eigenvalue weighted by atomic mass is 16.5. The van der Waals surface area contributed by atoms with Crippen molar-refractivity contribution in [2.75, 3.05) is 26.7 Å². The number of hydrogen-bond donors (Lipinski definition) is 1. The summed E-state index contributed by atoms with van der Waals surface area (Å²) in [4.78, 5) is 14.1. The van der Waals surface area contributed by atoms with Gasteiger partial charge in [-0.1, -0.05) is 6.42 Å². The van der Waals surface area contributed by atoms with Gasteiger partial charge in [0, 0.05) is 12.6 Å². The van der Waals surface area contributed by atoms with Crippen LogP contribution in [0.2, 0.25) is 0 Å². The molecular weight excluding hydrogens is 216 g/mol. The van der Waals surface area contributed by atoms with E-state index in [0.717, 1.165) is 26.1 Å². The lowest BCUT2D eigenvalue weighted by Gasteiger charge is -2.39. The number of esters is 1. The van der Waals surface area contributed by atoms with Gasteiger partial charge >= 0.3 is 5.97 Å². The molecule has 0 aliphatic carbocycles. The van der Waals surface area contributed by atoms with E-state index in [1.54, 1.807) is 0 Å². The molecule has 0 saturated carbocycles. The van der Waals surface area contributed by atoms with Gasteiger partial charge in [0.2, 0.25) is 0 Å². The van der Waals surface area contributed by atoms with Crippen LogP contribution in [0.3, 0.4) is 0 Å². The molecule has 17 heavy (non-hydrogen) atoms. The van der Waals surface area contributed by atoms with Crippen LogP contribution in [0.1, 0.15) is 39.5 Å². The van der Waals surface area contributed by atoms with Crippen LogP contribution >= 0.6 is 0 Å². The van der Waals surface area contributed by atoms with Crippen molar-refractivity contribution in [3.05, 3.63) is 0 Å². The lowest BCUT2D eigenvalue weighted by Crippen LogP contribution is -2.47. The predicted octanol–water partition coefficient (Wildman–Crippen LogP) is 1.39. The first-order valence-corrected chi connectivity index (χ1v) is 6.54. The molecule has 0 aromatic heterocycles. The summed E-state index contributed by atoms with van der Waals surface area (Å²) in [7, 11) is 1.46. The zero-order valence-electron chi connectivity index (χ0n) is 11.4. The highest BCUT2D eigenvalue weighted by molar-refractivity contribution is 5.76. The van der Waals surface area contributed by atoms with Gasteiger partial charge in [0.15, 0.2) is 0 Å². The van der Waals surface area contributed by atoms with E-state index in [2.05, 4.69) is 4.90 Å². The van der Waals surface area contributed by atoms with Gasteiger partial charge in [-0.25, -0.2) is 0 Å². The molecule has 0 bridgehead atoms. The molecule has 0 aromatic carbocycles. The number of nitrogens with zero attached hydrogens (tertiary/aromatic N) is 1. The first-order chi connectivity index (χ1) is 8.01. The Labute approximate surface area is 104 Å². The molecule has 4 heteroatoms. The number of hydrogen-bond acceptors (Lipinski definition) is 4. The van der Waals surface area contributed by atoms with E-state index in [4.69, 9.17) is 10.5 Å². The van der Waals surface area contributed by atoms with Gasteiger partial charge < -0.3 is 10.5 Å². The molecule has 1 heterocycles. The normalized spacial score (nSPS) is 22.5. The molecule has 4 nitrogen and oxygen atoms in total. The van der Waals surface area contributed by atoms with Gasteiger partial charge in [-0.15, -0.1) is 0 Å². The zero-order valence-corrected chi connectivity index (χ0v) is 11.4. The quantitative estimate of drug-likeness (QED) is 0.740. The fourth-order valence-corrected chi connectivity index (χ4v) is 2.64. The minimum Gasteiger partial charge on any atom is -0.469 e. The van der Waals surface area contributed by atoms with E-state index in [1.807, 2.05) is 13.8 Å². The van der Waals surface area contributed by atoms with Crippen molar-refractivity contribution in [3.8, 4) is 0 Å². The van der Waals surface area contributed by atoms with Crippen molar-refractivity contribution in [1.29, 1.82) is 0 Å².